The summed E-state index contributed by atoms with van der Waals surface area (Å²) >= 11 is 1.32. The van der Waals surface area contributed by atoms with Crippen molar-refractivity contribution in [1.82, 2.24) is 10.6 Å². The summed E-state index contributed by atoms with van der Waals surface area (Å²) in [6.45, 7) is 1.87. The van der Waals surface area contributed by atoms with Gasteiger partial charge in [0.05, 0.1) is 10.4 Å². The van der Waals surface area contributed by atoms with Gasteiger partial charge in [-0.3, -0.25) is 14.9 Å². The number of hydrogen-bond acceptors (Lipinski definition) is 6. The van der Waals surface area contributed by atoms with Crippen LogP contribution < -0.4 is 16.0 Å². The molecule has 148 valence electrons. The van der Waals surface area contributed by atoms with Crippen molar-refractivity contribution in [2.24, 2.45) is 0 Å². The quantitative estimate of drug-likeness (QED) is 0.463. The number of thiophene rings is 1. The zero-order chi connectivity index (χ0) is 20.4. The molecule has 0 saturated heterocycles. The summed E-state index contributed by atoms with van der Waals surface area (Å²) in [5.74, 6) is -1.67. The Morgan fingerprint density at radius 3 is 2.46 bits per heavy atom. The smallest absolute Gasteiger partial charge is 0.338 e. The number of ether oxygens (including phenoxy) is 1. The molecule has 0 fully saturated rings. The molecule has 1 heterocycles. The number of rotatable bonds is 8. The van der Waals surface area contributed by atoms with Crippen molar-refractivity contribution >= 4 is 40.8 Å². The van der Waals surface area contributed by atoms with Gasteiger partial charge in [0.2, 0.25) is 0 Å². The molecular formula is C19H21N3O5S. The number of anilines is 1. The summed E-state index contributed by atoms with van der Waals surface area (Å²) in [7, 11) is 0. The number of unbranched alkanes of at least 4 members (excludes halogenated alkanes) is 1. The van der Waals surface area contributed by atoms with Crippen molar-refractivity contribution in [2.45, 2.75) is 19.8 Å². The van der Waals surface area contributed by atoms with Gasteiger partial charge in [-0.1, -0.05) is 19.4 Å². The van der Waals surface area contributed by atoms with Gasteiger partial charge < -0.3 is 15.4 Å². The van der Waals surface area contributed by atoms with E-state index >= 15 is 0 Å². The van der Waals surface area contributed by atoms with Gasteiger partial charge in [0.1, 0.15) is 0 Å². The second kappa shape index (κ2) is 10.8. The van der Waals surface area contributed by atoms with Gasteiger partial charge in [0.15, 0.2) is 6.61 Å². The third-order valence-electron chi connectivity index (χ3n) is 3.53. The Balaban J connectivity index is 1.77. The SMILES string of the molecule is CCCCNC(=O)NC(=O)COC(=O)c1ccc(NC(=O)c2cccs2)cc1. The Morgan fingerprint density at radius 1 is 1.07 bits per heavy atom. The molecule has 0 radical (unpaired) electrons. The summed E-state index contributed by atoms with van der Waals surface area (Å²) in [6.07, 6.45) is 1.72. The topological polar surface area (TPSA) is 114 Å². The number of imide groups is 1. The molecule has 0 bridgehead atoms. The van der Waals surface area contributed by atoms with Gasteiger partial charge in [-0.05, 0) is 42.1 Å². The normalized spacial score (nSPS) is 10.0. The number of carbonyl (C=O) groups excluding carboxylic acids is 4. The van der Waals surface area contributed by atoms with Crippen LogP contribution in [0.25, 0.3) is 0 Å². The Morgan fingerprint density at radius 2 is 1.82 bits per heavy atom. The standard InChI is InChI=1S/C19H21N3O5S/c1-2-3-10-20-19(26)22-16(23)12-27-18(25)13-6-8-14(9-7-13)21-17(24)15-5-4-11-28-15/h4-9,11H,2-3,10,12H2,1H3,(H,21,24)(H2,20,22,23,26). The summed E-state index contributed by atoms with van der Waals surface area (Å²) < 4.78 is 4.88. The fraction of sp³-hybridized carbons (Fsp3) is 0.263. The maximum atomic E-state index is 12.0. The second-order valence-electron chi connectivity index (χ2n) is 5.74. The zero-order valence-corrected chi connectivity index (χ0v) is 16.1. The Hall–Kier alpha value is -3.20. The third-order valence-corrected chi connectivity index (χ3v) is 4.40. The van der Waals surface area contributed by atoms with Gasteiger partial charge in [0, 0.05) is 12.2 Å². The maximum Gasteiger partial charge on any atom is 0.338 e. The lowest BCUT2D eigenvalue weighted by molar-refractivity contribution is -0.123. The minimum atomic E-state index is -0.720. The number of benzene rings is 1. The van der Waals surface area contributed by atoms with Crippen LogP contribution in [0, 0.1) is 0 Å². The molecule has 3 N–H and O–H groups in total. The van der Waals surface area contributed by atoms with Crippen LogP contribution in [-0.2, 0) is 9.53 Å². The van der Waals surface area contributed by atoms with Crippen LogP contribution in [0.4, 0.5) is 10.5 Å². The molecule has 0 saturated carbocycles. The molecule has 9 heteroatoms. The van der Waals surface area contributed by atoms with Gasteiger partial charge in [-0.25, -0.2) is 9.59 Å². The van der Waals surface area contributed by atoms with Gasteiger partial charge >= 0.3 is 12.0 Å². The van der Waals surface area contributed by atoms with Crippen molar-refractivity contribution in [3.8, 4) is 0 Å². The van der Waals surface area contributed by atoms with Gasteiger partial charge in [-0.15, -0.1) is 11.3 Å². The average molecular weight is 403 g/mol. The van der Waals surface area contributed by atoms with Crippen LogP contribution >= 0.6 is 11.3 Å². The lowest BCUT2D eigenvalue weighted by Gasteiger charge is -2.08. The zero-order valence-electron chi connectivity index (χ0n) is 15.3. The minimum Gasteiger partial charge on any atom is -0.452 e. The van der Waals surface area contributed by atoms with E-state index in [-0.39, 0.29) is 11.5 Å². The number of nitrogens with one attached hydrogen (secondary N) is 3. The van der Waals surface area contributed by atoms with E-state index in [1.54, 1.807) is 29.6 Å². The number of hydrogen-bond donors (Lipinski definition) is 3. The average Bonchev–Trinajstić information content (AvgIpc) is 3.22. The highest BCUT2D eigenvalue weighted by atomic mass is 32.1. The first-order chi connectivity index (χ1) is 13.5. The fourth-order valence-corrected chi connectivity index (χ4v) is 2.71. The predicted octanol–water partition coefficient (Wildman–Crippen LogP) is 2.78. The molecular weight excluding hydrogens is 382 g/mol. The van der Waals surface area contributed by atoms with E-state index in [4.69, 9.17) is 4.74 Å². The first-order valence-electron chi connectivity index (χ1n) is 8.69. The molecule has 8 nitrogen and oxygen atoms in total. The second-order valence-corrected chi connectivity index (χ2v) is 6.69. The van der Waals surface area contributed by atoms with E-state index in [9.17, 15) is 19.2 Å². The predicted molar refractivity (Wildman–Crippen MR) is 105 cm³/mol. The van der Waals surface area contributed by atoms with Crippen molar-refractivity contribution in [2.75, 3.05) is 18.5 Å². The van der Waals surface area contributed by atoms with E-state index in [0.717, 1.165) is 12.8 Å². The Bertz CT molecular complexity index is 819. The number of urea groups is 1. The summed E-state index contributed by atoms with van der Waals surface area (Å²) in [6, 6.07) is 8.93. The first-order valence-corrected chi connectivity index (χ1v) is 9.57. The van der Waals surface area contributed by atoms with Crippen LogP contribution in [0.3, 0.4) is 0 Å². The fourth-order valence-electron chi connectivity index (χ4n) is 2.09. The van der Waals surface area contributed by atoms with Crippen molar-refractivity contribution in [1.29, 1.82) is 0 Å². The third kappa shape index (κ3) is 6.84. The van der Waals surface area contributed by atoms with Crippen LogP contribution in [-0.4, -0.2) is 37.0 Å². The molecule has 0 spiro atoms. The van der Waals surface area contributed by atoms with Crippen molar-refractivity contribution < 1.29 is 23.9 Å². The summed E-state index contributed by atoms with van der Waals surface area (Å²) in [5, 5.41) is 9.12. The highest BCUT2D eigenvalue weighted by molar-refractivity contribution is 7.12. The van der Waals surface area contributed by atoms with E-state index in [0.29, 0.717) is 17.1 Å². The van der Waals surface area contributed by atoms with Gasteiger partial charge in [0.25, 0.3) is 11.8 Å². The number of amides is 4. The molecule has 2 rings (SSSR count). The van der Waals surface area contributed by atoms with Crippen LogP contribution in [0.1, 0.15) is 39.8 Å². The monoisotopic (exact) mass is 403 g/mol. The molecule has 1 aromatic carbocycles. The van der Waals surface area contributed by atoms with E-state index < -0.39 is 24.5 Å². The minimum absolute atomic E-state index is 0.217. The van der Waals surface area contributed by atoms with Crippen molar-refractivity contribution in [3.05, 3.63) is 52.2 Å². The van der Waals surface area contributed by atoms with E-state index in [1.807, 2.05) is 6.92 Å². The highest BCUT2D eigenvalue weighted by Gasteiger charge is 2.13. The van der Waals surface area contributed by atoms with E-state index in [2.05, 4.69) is 16.0 Å². The van der Waals surface area contributed by atoms with Crippen LogP contribution in [0.5, 0.6) is 0 Å². The molecule has 0 atom stereocenters. The molecule has 0 aliphatic rings. The molecule has 0 aliphatic heterocycles. The summed E-state index contributed by atoms with van der Waals surface area (Å²) in [4.78, 5) is 47.6. The van der Waals surface area contributed by atoms with Crippen LogP contribution in [0.15, 0.2) is 41.8 Å². The molecule has 0 unspecified atom stereocenters. The molecule has 2 aromatic rings. The van der Waals surface area contributed by atoms with Crippen molar-refractivity contribution in [3.63, 3.8) is 0 Å². The lowest BCUT2D eigenvalue weighted by Crippen LogP contribution is -2.41. The Labute approximate surface area is 166 Å². The molecule has 28 heavy (non-hydrogen) atoms. The summed E-state index contributed by atoms with van der Waals surface area (Å²) in [5.41, 5.74) is 0.741. The maximum absolute atomic E-state index is 12.0. The lowest BCUT2D eigenvalue weighted by atomic mass is 10.2. The molecule has 0 aliphatic carbocycles. The number of esters is 1. The van der Waals surface area contributed by atoms with E-state index in [1.165, 1.54) is 23.5 Å². The molecule has 1 aromatic heterocycles. The number of carbonyl (C=O) groups is 4. The largest absolute Gasteiger partial charge is 0.452 e. The Kier molecular flexibility index (Phi) is 8.16. The van der Waals surface area contributed by atoms with Crippen LogP contribution in [0.2, 0.25) is 0 Å². The molecule has 4 amide bonds. The highest BCUT2D eigenvalue weighted by Crippen LogP contribution is 2.14. The van der Waals surface area contributed by atoms with Gasteiger partial charge in [-0.2, -0.15) is 0 Å². The first kappa shape index (κ1) is 21.1.